The largest absolute Gasteiger partial charge is 0.455 e. The third-order valence-electron chi connectivity index (χ3n) is 1.74. The minimum Gasteiger partial charge on any atom is -0.455 e. The first kappa shape index (κ1) is 9.33. The molecule has 84 valence electrons. The Bertz CT molecular complexity index is 480. The van der Waals surface area contributed by atoms with Crippen LogP contribution in [0.15, 0.2) is 42.4 Å². The molecule has 3 nitrogen and oxygen atoms in total. The average Bonchev–Trinajstić information content (AvgIpc) is 2.37. The van der Waals surface area contributed by atoms with Gasteiger partial charge in [-0.2, -0.15) is 0 Å². The second kappa shape index (κ2) is 5.85. The van der Waals surface area contributed by atoms with Crippen molar-refractivity contribution in [2.24, 2.45) is 0 Å². The molecule has 0 spiro atoms. The van der Waals surface area contributed by atoms with Crippen LogP contribution >= 0.6 is 0 Å². The highest BCUT2D eigenvalue weighted by Gasteiger charge is 2.08. The van der Waals surface area contributed by atoms with Crippen molar-refractivity contribution in [3.8, 4) is 0 Å². The molecule has 0 aliphatic rings. The van der Waals surface area contributed by atoms with Crippen molar-refractivity contribution in [3.63, 3.8) is 0 Å². The van der Waals surface area contributed by atoms with E-state index < -0.39 is 23.9 Å². The van der Waals surface area contributed by atoms with E-state index in [1.165, 1.54) is 13.8 Å². The summed E-state index contributed by atoms with van der Waals surface area (Å²) in [4.78, 5) is 22.6. The highest BCUT2D eigenvalue weighted by Crippen LogP contribution is 2.04. The SMILES string of the molecule is [2H]/C(C(C)=O)=C(\[2H])C(C)OC(=O)c1ccccc1. The van der Waals surface area contributed by atoms with E-state index in [4.69, 9.17) is 7.48 Å². The fourth-order valence-electron chi connectivity index (χ4n) is 1.04. The summed E-state index contributed by atoms with van der Waals surface area (Å²) in [5.41, 5.74) is 0.367. The number of benzene rings is 1. The number of allylic oxidation sites excluding steroid dienone is 1. The molecule has 1 aromatic carbocycles. The first-order valence-electron chi connectivity index (χ1n) is 5.87. The molecule has 0 radical (unpaired) electrons. The van der Waals surface area contributed by atoms with Crippen molar-refractivity contribution >= 4 is 11.8 Å². The van der Waals surface area contributed by atoms with Crippen LogP contribution in [0, 0.1) is 0 Å². The van der Waals surface area contributed by atoms with Crippen LogP contribution in [-0.4, -0.2) is 17.9 Å². The Balaban J connectivity index is 2.78. The van der Waals surface area contributed by atoms with Crippen LogP contribution in [0.3, 0.4) is 0 Å². The van der Waals surface area contributed by atoms with Gasteiger partial charge < -0.3 is 4.74 Å². The Hall–Kier alpha value is -1.90. The number of carbonyl (C=O) groups is 2. The second-order valence-electron chi connectivity index (χ2n) is 3.24. The van der Waals surface area contributed by atoms with E-state index in [-0.39, 0.29) is 6.05 Å². The summed E-state index contributed by atoms with van der Waals surface area (Å²) in [6.07, 6.45) is -0.922. The van der Waals surface area contributed by atoms with Crippen molar-refractivity contribution in [3.05, 3.63) is 48.0 Å². The van der Waals surface area contributed by atoms with Gasteiger partial charge in [0.2, 0.25) is 0 Å². The monoisotopic (exact) mass is 220 g/mol. The Morgan fingerprint density at radius 1 is 1.38 bits per heavy atom. The van der Waals surface area contributed by atoms with Crippen molar-refractivity contribution in [2.75, 3.05) is 0 Å². The van der Waals surface area contributed by atoms with Crippen LogP contribution in [0.5, 0.6) is 0 Å². The summed E-state index contributed by atoms with van der Waals surface area (Å²) in [5, 5.41) is 0. The molecule has 0 amide bonds. The molecule has 0 saturated heterocycles. The maximum absolute atomic E-state index is 11.7. The highest BCUT2D eigenvalue weighted by atomic mass is 16.5. The fraction of sp³-hybridized carbons (Fsp3) is 0.231. The van der Waals surface area contributed by atoms with E-state index in [0.29, 0.717) is 5.56 Å². The lowest BCUT2D eigenvalue weighted by Crippen LogP contribution is -2.12. The molecule has 0 saturated carbocycles. The molecule has 16 heavy (non-hydrogen) atoms. The van der Waals surface area contributed by atoms with Gasteiger partial charge in [-0.3, -0.25) is 4.79 Å². The number of carbonyl (C=O) groups excluding carboxylic acids is 2. The zero-order valence-electron chi connectivity index (χ0n) is 11.2. The van der Waals surface area contributed by atoms with Crippen LogP contribution in [0.25, 0.3) is 0 Å². The Labute approximate surface area is 97.5 Å². The maximum Gasteiger partial charge on any atom is 0.338 e. The zero-order valence-corrected chi connectivity index (χ0v) is 9.19. The van der Waals surface area contributed by atoms with E-state index in [0.717, 1.165) is 0 Å². The summed E-state index contributed by atoms with van der Waals surface area (Å²) in [6.45, 7) is 2.66. The van der Waals surface area contributed by atoms with Crippen LogP contribution in [-0.2, 0) is 9.53 Å². The second-order valence-corrected chi connectivity index (χ2v) is 3.24. The molecular weight excluding hydrogens is 204 g/mol. The molecule has 0 N–H and O–H groups in total. The normalized spacial score (nSPS) is 15.4. The van der Waals surface area contributed by atoms with Gasteiger partial charge in [0.15, 0.2) is 5.78 Å². The Morgan fingerprint density at radius 3 is 2.56 bits per heavy atom. The minimum absolute atomic E-state index is 0.299. The molecule has 1 aromatic rings. The highest BCUT2D eigenvalue weighted by molar-refractivity contribution is 5.90. The van der Waals surface area contributed by atoms with E-state index in [1.807, 2.05) is 0 Å². The first-order chi connectivity index (χ1) is 8.43. The van der Waals surface area contributed by atoms with Crippen molar-refractivity contribution in [2.45, 2.75) is 20.0 Å². The third-order valence-corrected chi connectivity index (χ3v) is 1.74. The number of ether oxygens (including phenoxy) is 1. The quantitative estimate of drug-likeness (QED) is 0.578. The molecule has 1 atom stereocenters. The summed E-state index contributed by atoms with van der Waals surface area (Å²) in [5.74, 6) is -1.10. The molecule has 0 fully saturated rings. The van der Waals surface area contributed by atoms with Crippen molar-refractivity contribution in [1.82, 2.24) is 0 Å². The summed E-state index contributed by atoms with van der Waals surface area (Å²) in [6, 6.07) is 7.61. The summed E-state index contributed by atoms with van der Waals surface area (Å²) in [7, 11) is 0. The van der Waals surface area contributed by atoms with Crippen LogP contribution in [0.1, 0.15) is 26.9 Å². The lowest BCUT2D eigenvalue weighted by atomic mass is 10.2. The number of hydrogen-bond donors (Lipinski definition) is 0. The molecule has 3 heteroatoms. The Morgan fingerprint density at radius 2 is 2.00 bits per heavy atom. The van der Waals surface area contributed by atoms with Gasteiger partial charge in [0.25, 0.3) is 0 Å². The lowest BCUT2D eigenvalue weighted by molar-refractivity contribution is -0.112. The van der Waals surface area contributed by atoms with Gasteiger partial charge >= 0.3 is 5.97 Å². The predicted molar refractivity (Wildman–Crippen MR) is 61.1 cm³/mol. The molecule has 0 bridgehead atoms. The zero-order chi connectivity index (χ0) is 13.7. The maximum atomic E-state index is 11.7. The van der Waals surface area contributed by atoms with Crippen LogP contribution in [0.2, 0.25) is 0 Å². The van der Waals surface area contributed by atoms with E-state index in [1.54, 1.807) is 30.3 Å². The Kier molecular flexibility index (Phi) is 3.42. The molecule has 1 rings (SSSR count). The van der Waals surface area contributed by atoms with Gasteiger partial charge in [-0.25, -0.2) is 4.79 Å². The smallest absolute Gasteiger partial charge is 0.338 e. The van der Waals surface area contributed by atoms with Gasteiger partial charge in [0.05, 0.1) is 8.30 Å². The molecule has 0 aromatic heterocycles. The van der Waals surface area contributed by atoms with Gasteiger partial charge in [0, 0.05) is 0 Å². The first-order valence-corrected chi connectivity index (χ1v) is 4.87. The average molecular weight is 220 g/mol. The fourth-order valence-corrected chi connectivity index (χ4v) is 1.04. The number of rotatable bonds is 4. The molecule has 0 aliphatic heterocycles. The van der Waals surface area contributed by atoms with Gasteiger partial charge in [-0.05, 0) is 38.1 Å². The van der Waals surface area contributed by atoms with Crippen molar-refractivity contribution < 1.29 is 17.1 Å². The number of ketones is 1. The van der Waals surface area contributed by atoms with Crippen LogP contribution < -0.4 is 0 Å². The topological polar surface area (TPSA) is 43.4 Å². The number of hydrogen-bond acceptors (Lipinski definition) is 3. The van der Waals surface area contributed by atoms with Crippen LogP contribution in [0.4, 0.5) is 0 Å². The van der Waals surface area contributed by atoms with Gasteiger partial charge in [-0.15, -0.1) is 0 Å². The van der Waals surface area contributed by atoms with Gasteiger partial charge in [-0.1, -0.05) is 18.2 Å². The van der Waals surface area contributed by atoms with E-state index in [9.17, 15) is 9.59 Å². The summed E-state index contributed by atoms with van der Waals surface area (Å²) < 4.78 is 19.9. The molecule has 0 heterocycles. The molecular formula is C13H14O3. The standard InChI is InChI=1S/C13H14O3/c1-10(14)8-9-11(2)16-13(15)12-6-4-3-5-7-12/h3-9,11H,1-2H3/b9-8-/i8D,9D. The lowest BCUT2D eigenvalue weighted by Gasteiger charge is -2.08. The van der Waals surface area contributed by atoms with E-state index in [2.05, 4.69) is 0 Å². The predicted octanol–water partition coefficient (Wildman–Crippen LogP) is 2.38. The number of esters is 1. The third kappa shape index (κ3) is 4.09. The summed E-state index contributed by atoms with van der Waals surface area (Å²) >= 11 is 0. The molecule has 1 unspecified atom stereocenters. The van der Waals surface area contributed by atoms with E-state index >= 15 is 0 Å². The van der Waals surface area contributed by atoms with Crippen molar-refractivity contribution in [1.29, 1.82) is 0 Å². The minimum atomic E-state index is -0.922. The molecule has 0 aliphatic carbocycles. The van der Waals surface area contributed by atoms with Gasteiger partial charge in [0.1, 0.15) is 6.10 Å².